The average Bonchev–Trinajstić information content (AvgIpc) is 3.09. The van der Waals surface area contributed by atoms with Crippen molar-refractivity contribution in [2.45, 2.75) is 24.7 Å². The van der Waals surface area contributed by atoms with Crippen LogP contribution in [0.3, 0.4) is 0 Å². The van der Waals surface area contributed by atoms with Crippen molar-refractivity contribution in [3.63, 3.8) is 0 Å². The highest BCUT2D eigenvalue weighted by Gasteiger charge is 2.55. The molecule has 3 unspecified atom stereocenters. The third-order valence-corrected chi connectivity index (χ3v) is 5.05. The predicted molar refractivity (Wildman–Crippen MR) is 79.8 cm³/mol. The molecule has 0 saturated heterocycles. The average molecular weight is 260 g/mol. The standard InChI is InChI=1S/C18H16N2/c1-2-6-12-11(5-1)9-10-13-16(12)17(13)18-19-14-7-3-4-8-15(14)20-18/h1-8,13,16-17H,9-10H2,(H,19,20). The maximum absolute atomic E-state index is 4.82. The second-order valence-corrected chi connectivity index (χ2v) is 6.09. The molecule has 0 amide bonds. The number of aromatic amines is 1. The Morgan fingerprint density at radius 1 is 0.950 bits per heavy atom. The predicted octanol–water partition coefficient (Wildman–Crippen LogP) is 4.01. The largest absolute Gasteiger partial charge is 0.342 e. The fraction of sp³-hybridized carbons (Fsp3) is 0.278. The van der Waals surface area contributed by atoms with E-state index in [1.165, 1.54) is 24.2 Å². The molecule has 2 aromatic carbocycles. The number of aromatic nitrogens is 2. The van der Waals surface area contributed by atoms with E-state index in [0.29, 0.717) is 11.8 Å². The van der Waals surface area contributed by atoms with Crippen molar-refractivity contribution < 1.29 is 0 Å². The number of hydrogen-bond donors (Lipinski definition) is 1. The number of benzene rings is 2. The molecule has 3 atom stereocenters. The van der Waals surface area contributed by atoms with Gasteiger partial charge in [0.05, 0.1) is 11.0 Å². The minimum Gasteiger partial charge on any atom is -0.342 e. The van der Waals surface area contributed by atoms with Gasteiger partial charge < -0.3 is 4.98 Å². The minimum atomic E-state index is 0.603. The van der Waals surface area contributed by atoms with Gasteiger partial charge in [-0.1, -0.05) is 36.4 Å². The molecule has 1 fully saturated rings. The summed E-state index contributed by atoms with van der Waals surface area (Å²) in [5.41, 5.74) is 5.38. The lowest BCUT2D eigenvalue weighted by Gasteiger charge is -2.13. The zero-order valence-electron chi connectivity index (χ0n) is 11.2. The number of aryl methyl sites for hydroxylation is 1. The van der Waals surface area contributed by atoms with Crippen molar-refractivity contribution in [3.8, 4) is 0 Å². The van der Waals surface area contributed by atoms with Crippen LogP contribution in [0.15, 0.2) is 48.5 Å². The first-order valence-electron chi connectivity index (χ1n) is 7.44. The molecule has 0 spiro atoms. The molecule has 1 saturated carbocycles. The van der Waals surface area contributed by atoms with Crippen LogP contribution in [0, 0.1) is 5.92 Å². The third kappa shape index (κ3) is 1.36. The zero-order valence-corrected chi connectivity index (χ0v) is 11.2. The van der Waals surface area contributed by atoms with E-state index in [2.05, 4.69) is 53.5 Å². The van der Waals surface area contributed by atoms with Crippen LogP contribution in [0.1, 0.15) is 35.2 Å². The van der Waals surface area contributed by atoms with Gasteiger partial charge in [0.25, 0.3) is 0 Å². The van der Waals surface area contributed by atoms with Gasteiger partial charge in [0.2, 0.25) is 0 Å². The van der Waals surface area contributed by atoms with Crippen LogP contribution in [0.4, 0.5) is 0 Å². The Hall–Kier alpha value is -2.09. The monoisotopic (exact) mass is 260 g/mol. The molecule has 20 heavy (non-hydrogen) atoms. The Balaban J connectivity index is 1.58. The van der Waals surface area contributed by atoms with Gasteiger partial charge in [-0.25, -0.2) is 4.98 Å². The summed E-state index contributed by atoms with van der Waals surface area (Å²) in [6.07, 6.45) is 2.54. The lowest BCUT2D eigenvalue weighted by molar-refractivity contribution is 0.655. The van der Waals surface area contributed by atoms with Gasteiger partial charge in [-0.15, -0.1) is 0 Å². The van der Waals surface area contributed by atoms with Gasteiger partial charge >= 0.3 is 0 Å². The van der Waals surface area contributed by atoms with Crippen molar-refractivity contribution in [2.75, 3.05) is 0 Å². The summed E-state index contributed by atoms with van der Waals surface area (Å²) in [5.74, 6) is 3.29. The lowest BCUT2D eigenvalue weighted by Crippen LogP contribution is -2.00. The van der Waals surface area contributed by atoms with E-state index in [0.717, 1.165) is 11.4 Å². The smallest absolute Gasteiger partial charge is 0.111 e. The molecule has 2 aliphatic carbocycles. The zero-order chi connectivity index (χ0) is 13.1. The highest BCUT2D eigenvalue weighted by Crippen LogP contribution is 2.64. The molecule has 2 nitrogen and oxygen atoms in total. The highest BCUT2D eigenvalue weighted by atomic mass is 14.9. The molecule has 98 valence electrons. The Morgan fingerprint density at radius 2 is 1.80 bits per heavy atom. The van der Waals surface area contributed by atoms with Crippen LogP contribution in [-0.2, 0) is 6.42 Å². The van der Waals surface area contributed by atoms with Crippen LogP contribution in [-0.4, -0.2) is 9.97 Å². The fourth-order valence-corrected chi connectivity index (χ4v) is 4.07. The van der Waals surface area contributed by atoms with E-state index in [-0.39, 0.29) is 0 Å². The van der Waals surface area contributed by atoms with Crippen molar-refractivity contribution in [1.82, 2.24) is 9.97 Å². The molecule has 1 heterocycles. The summed E-state index contributed by atoms with van der Waals surface area (Å²) in [6, 6.07) is 17.3. The Kier molecular flexibility index (Phi) is 1.99. The van der Waals surface area contributed by atoms with E-state index < -0.39 is 0 Å². The van der Waals surface area contributed by atoms with Gasteiger partial charge in [0, 0.05) is 5.92 Å². The molecule has 5 rings (SSSR count). The van der Waals surface area contributed by atoms with E-state index >= 15 is 0 Å². The summed E-state index contributed by atoms with van der Waals surface area (Å²) in [7, 11) is 0. The van der Waals surface area contributed by atoms with Crippen molar-refractivity contribution in [2.24, 2.45) is 5.92 Å². The second kappa shape index (κ2) is 3.72. The number of rotatable bonds is 1. The first kappa shape index (κ1) is 10.7. The molecule has 3 aromatic rings. The number of nitrogens with one attached hydrogen (secondary N) is 1. The first-order chi connectivity index (χ1) is 9.92. The van der Waals surface area contributed by atoms with Crippen LogP contribution < -0.4 is 0 Å². The number of hydrogen-bond acceptors (Lipinski definition) is 1. The maximum atomic E-state index is 4.82. The lowest BCUT2D eigenvalue weighted by atomic mass is 9.92. The highest BCUT2D eigenvalue weighted by molar-refractivity contribution is 5.75. The summed E-state index contributed by atoms with van der Waals surface area (Å²) in [6.45, 7) is 0. The SMILES string of the molecule is c1ccc2c(c1)CCC1C(c3nc4ccccc4[nH]3)C21. The number of fused-ring (bicyclic) bond motifs is 4. The third-order valence-electron chi connectivity index (χ3n) is 5.05. The molecule has 2 aliphatic rings. The Bertz CT molecular complexity index is 769. The van der Waals surface area contributed by atoms with E-state index in [1.807, 2.05) is 0 Å². The fourth-order valence-electron chi connectivity index (χ4n) is 4.07. The molecule has 0 bridgehead atoms. The first-order valence-corrected chi connectivity index (χ1v) is 7.44. The summed E-state index contributed by atoms with van der Waals surface area (Å²) >= 11 is 0. The van der Waals surface area contributed by atoms with Crippen molar-refractivity contribution in [1.29, 1.82) is 0 Å². The molecule has 1 aromatic heterocycles. The second-order valence-electron chi connectivity index (χ2n) is 6.09. The summed E-state index contributed by atoms with van der Waals surface area (Å²) in [4.78, 5) is 8.35. The number of para-hydroxylation sites is 2. The van der Waals surface area contributed by atoms with Crippen LogP contribution in [0.5, 0.6) is 0 Å². The van der Waals surface area contributed by atoms with Crippen molar-refractivity contribution in [3.05, 3.63) is 65.5 Å². The maximum Gasteiger partial charge on any atom is 0.111 e. The van der Waals surface area contributed by atoms with Crippen LogP contribution in [0.2, 0.25) is 0 Å². The molecular formula is C18H16N2. The van der Waals surface area contributed by atoms with E-state index in [4.69, 9.17) is 4.98 Å². The van der Waals surface area contributed by atoms with Gasteiger partial charge in [0.1, 0.15) is 5.82 Å². The van der Waals surface area contributed by atoms with Gasteiger partial charge in [-0.3, -0.25) is 0 Å². The van der Waals surface area contributed by atoms with E-state index in [1.54, 1.807) is 11.1 Å². The minimum absolute atomic E-state index is 0.603. The summed E-state index contributed by atoms with van der Waals surface area (Å²) in [5, 5.41) is 0. The van der Waals surface area contributed by atoms with Crippen LogP contribution in [0.25, 0.3) is 11.0 Å². The van der Waals surface area contributed by atoms with E-state index in [9.17, 15) is 0 Å². The number of imidazole rings is 1. The molecule has 0 radical (unpaired) electrons. The number of H-pyrrole nitrogens is 1. The topological polar surface area (TPSA) is 28.7 Å². The quantitative estimate of drug-likeness (QED) is 0.703. The molecular weight excluding hydrogens is 244 g/mol. The van der Waals surface area contributed by atoms with Gasteiger partial charge in [-0.2, -0.15) is 0 Å². The molecule has 0 aliphatic heterocycles. The number of nitrogens with zero attached hydrogens (tertiary/aromatic N) is 1. The molecule has 1 N–H and O–H groups in total. The Labute approximate surface area is 117 Å². The molecule has 2 heteroatoms. The van der Waals surface area contributed by atoms with Gasteiger partial charge in [0.15, 0.2) is 0 Å². The summed E-state index contributed by atoms with van der Waals surface area (Å²) < 4.78 is 0. The normalized spacial score (nSPS) is 27.1. The van der Waals surface area contributed by atoms with Gasteiger partial charge in [-0.05, 0) is 47.9 Å². The van der Waals surface area contributed by atoms with Crippen LogP contribution >= 0.6 is 0 Å². The Morgan fingerprint density at radius 3 is 2.75 bits per heavy atom. The van der Waals surface area contributed by atoms with Crippen molar-refractivity contribution >= 4 is 11.0 Å².